The molecule has 0 aromatic carbocycles. The molecule has 152 valence electrons. The van der Waals surface area contributed by atoms with Gasteiger partial charge in [0.2, 0.25) is 11.5 Å². The number of pyridine rings is 1. The molecule has 0 bridgehead atoms. The van der Waals surface area contributed by atoms with Crippen LogP contribution in [0.15, 0.2) is 35.5 Å². The number of carbonyl (C=O) groups is 2. The number of carbonyl (C=O) groups excluding carboxylic acids is 2. The second-order valence-corrected chi connectivity index (χ2v) is 8.17. The Morgan fingerprint density at radius 2 is 2.03 bits per heavy atom. The van der Waals surface area contributed by atoms with E-state index in [9.17, 15) is 14.4 Å². The number of hydrogen-bond acceptors (Lipinski definition) is 5. The predicted octanol–water partition coefficient (Wildman–Crippen LogP) is 1.52. The lowest BCUT2D eigenvalue weighted by Gasteiger charge is -2.48. The van der Waals surface area contributed by atoms with Gasteiger partial charge >= 0.3 is 0 Å². The first-order valence-electron chi connectivity index (χ1n) is 9.97. The van der Waals surface area contributed by atoms with E-state index in [1.807, 2.05) is 16.7 Å². The fourth-order valence-electron chi connectivity index (χ4n) is 4.38. The van der Waals surface area contributed by atoms with E-state index in [0.717, 1.165) is 30.7 Å². The van der Waals surface area contributed by atoms with Crippen molar-refractivity contribution in [3.8, 4) is 0 Å². The zero-order chi connectivity index (χ0) is 20.4. The van der Waals surface area contributed by atoms with Crippen LogP contribution in [0, 0.1) is 12.3 Å². The van der Waals surface area contributed by atoms with Crippen molar-refractivity contribution < 1.29 is 9.59 Å². The standard InChI is InChI=1S/C21H25N5O3/c1-15-9-23-17(11-22-15)12-26-14-21(7-5-19(26)28)6-2-8-25(13-21)20(29)16-3-4-18(27)24-10-16/h3-4,9-11H,2,5-8,12-14H2,1H3,(H,24,27)/t21-/m1/s1. The number of aromatic nitrogens is 3. The van der Waals surface area contributed by atoms with Gasteiger partial charge in [0.05, 0.1) is 29.7 Å². The molecule has 2 aliphatic rings. The number of likely N-dealkylation sites (tertiary alicyclic amines) is 2. The summed E-state index contributed by atoms with van der Waals surface area (Å²) < 4.78 is 0. The van der Waals surface area contributed by atoms with Gasteiger partial charge in [0.25, 0.3) is 5.91 Å². The van der Waals surface area contributed by atoms with Crippen LogP contribution in [0.2, 0.25) is 0 Å². The van der Waals surface area contributed by atoms with E-state index in [4.69, 9.17) is 0 Å². The van der Waals surface area contributed by atoms with Crippen molar-refractivity contribution in [3.05, 3.63) is 58.0 Å². The smallest absolute Gasteiger partial charge is 0.255 e. The molecular weight excluding hydrogens is 370 g/mol. The zero-order valence-corrected chi connectivity index (χ0v) is 16.6. The number of H-pyrrole nitrogens is 1. The summed E-state index contributed by atoms with van der Waals surface area (Å²) in [5.74, 6) is 0.0512. The molecule has 0 aliphatic carbocycles. The highest BCUT2D eigenvalue weighted by atomic mass is 16.2. The molecule has 1 atom stereocenters. The first-order chi connectivity index (χ1) is 13.9. The fraction of sp³-hybridized carbons (Fsp3) is 0.476. The minimum absolute atomic E-state index is 0.0758. The van der Waals surface area contributed by atoms with E-state index in [0.29, 0.717) is 38.2 Å². The molecule has 2 aromatic heterocycles. The Bertz CT molecular complexity index is 951. The van der Waals surface area contributed by atoms with Crippen molar-refractivity contribution in [3.63, 3.8) is 0 Å². The second-order valence-electron chi connectivity index (χ2n) is 8.17. The van der Waals surface area contributed by atoms with Gasteiger partial charge in [-0.2, -0.15) is 0 Å². The maximum Gasteiger partial charge on any atom is 0.255 e. The average Bonchev–Trinajstić information content (AvgIpc) is 2.73. The number of nitrogens with zero attached hydrogens (tertiary/aromatic N) is 4. The molecule has 2 fully saturated rings. The van der Waals surface area contributed by atoms with Crippen molar-refractivity contribution in [2.75, 3.05) is 19.6 Å². The van der Waals surface area contributed by atoms with E-state index >= 15 is 0 Å². The maximum absolute atomic E-state index is 12.9. The summed E-state index contributed by atoms with van der Waals surface area (Å²) in [7, 11) is 0. The van der Waals surface area contributed by atoms with Crippen molar-refractivity contribution >= 4 is 11.8 Å². The summed E-state index contributed by atoms with van der Waals surface area (Å²) in [6.45, 7) is 4.26. The molecule has 2 amide bonds. The SMILES string of the molecule is Cc1cnc(CN2C[C@]3(CCCN(C(=O)c4ccc(=O)[nH]c4)C3)CCC2=O)cn1. The molecule has 2 aliphatic heterocycles. The lowest BCUT2D eigenvalue weighted by atomic mass is 9.73. The van der Waals surface area contributed by atoms with Gasteiger partial charge in [-0.15, -0.1) is 0 Å². The molecule has 2 aromatic rings. The second kappa shape index (κ2) is 7.77. The van der Waals surface area contributed by atoms with Gasteiger partial charge in [-0.1, -0.05) is 0 Å². The van der Waals surface area contributed by atoms with E-state index in [1.54, 1.807) is 18.5 Å². The third-order valence-corrected chi connectivity index (χ3v) is 5.92. The molecule has 4 heterocycles. The van der Waals surface area contributed by atoms with Gasteiger partial charge in [-0.25, -0.2) is 0 Å². The van der Waals surface area contributed by atoms with Gasteiger partial charge < -0.3 is 14.8 Å². The summed E-state index contributed by atoms with van der Waals surface area (Å²) in [6.07, 6.45) is 8.07. The van der Waals surface area contributed by atoms with Gasteiger partial charge in [-0.3, -0.25) is 24.4 Å². The van der Waals surface area contributed by atoms with E-state index in [-0.39, 0.29) is 22.8 Å². The summed E-state index contributed by atoms with van der Waals surface area (Å²) in [5.41, 5.74) is 1.79. The Morgan fingerprint density at radius 1 is 1.17 bits per heavy atom. The van der Waals surface area contributed by atoms with Gasteiger partial charge in [0, 0.05) is 49.9 Å². The molecular formula is C21H25N5O3. The van der Waals surface area contributed by atoms with Crippen molar-refractivity contribution in [2.24, 2.45) is 5.41 Å². The molecule has 0 unspecified atom stereocenters. The quantitative estimate of drug-likeness (QED) is 0.849. The van der Waals surface area contributed by atoms with E-state index in [2.05, 4.69) is 15.0 Å². The van der Waals surface area contributed by atoms with Gasteiger partial charge in [0.1, 0.15) is 0 Å². The minimum Gasteiger partial charge on any atom is -0.338 e. The Morgan fingerprint density at radius 3 is 2.76 bits per heavy atom. The van der Waals surface area contributed by atoms with Crippen LogP contribution in [0.5, 0.6) is 0 Å². The number of nitrogens with one attached hydrogen (secondary N) is 1. The van der Waals surface area contributed by atoms with Gasteiger partial charge in [-0.05, 0) is 32.3 Å². The molecule has 4 rings (SSSR count). The summed E-state index contributed by atoms with van der Waals surface area (Å²) in [5, 5.41) is 0. The molecule has 0 saturated carbocycles. The highest BCUT2D eigenvalue weighted by Crippen LogP contribution is 2.39. The molecule has 2 saturated heterocycles. The minimum atomic E-state index is -0.225. The lowest BCUT2D eigenvalue weighted by Crippen LogP contribution is -2.54. The summed E-state index contributed by atoms with van der Waals surface area (Å²) in [4.78, 5) is 51.6. The third kappa shape index (κ3) is 4.21. The highest BCUT2D eigenvalue weighted by Gasteiger charge is 2.42. The lowest BCUT2D eigenvalue weighted by molar-refractivity contribution is -0.139. The number of hydrogen-bond donors (Lipinski definition) is 1. The maximum atomic E-state index is 12.9. The normalized spacial score (nSPS) is 22.2. The molecule has 1 N–H and O–H groups in total. The fourth-order valence-corrected chi connectivity index (χ4v) is 4.38. The highest BCUT2D eigenvalue weighted by molar-refractivity contribution is 5.94. The molecule has 1 spiro atoms. The van der Waals surface area contributed by atoms with Gasteiger partial charge in [0.15, 0.2) is 0 Å². The summed E-state index contributed by atoms with van der Waals surface area (Å²) in [6, 6.07) is 2.94. The molecule has 8 heteroatoms. The van der Waals surface area contributed by atoms with Crippen LogP contribution in [0.1, 0.15) is 47.4 Å². The van der Waals surface area contributed by atoms with Crippen LogP contribution in [-0.2, 0) is 11.3 Å². The Balaban J connectivity index is 1.48. The van der Waals surface area contributed by atoms with E-state index < -0.39 is 0 Å². The van der Waals surface area contributed by atoms with Crippen LogP contribution in [-0.4, -0.2) is 56.2 Å². The van der Waals surface area contributed by atoms with Crippen molar-refractivity contribution in [1.29, 1.82) is 0 Å². The number of aromatic amines is 1. The number of piperidine rings is 2. The van der Waals surface area contributed by atoms with Crippen LogP contribution in [0.25, 0.3) is 0 Å². The Kier molecular flexibility index (Phi) is 5.17. The third-order valence-electron chi connectivity index (χ3n) is 5.92. The van der Waals surface area contributed by atoms with Crippen LogP contribution in [0.3, 0.4) is 0 Å². The number of aryl methyl sites for hydroxylation is 1. The van der Waals surface area contributed by atoms with E-state index in [1.165, 1.54) is 12.3 Å². The first-order valence-corrected chi connectivity index (χ1v) is 9.97. The molecule has 0 radical (unpaired) electrons. The molecule has 8 nitrogen and oxygen atoms in total. The number of amides is 2. The predicted molar refractivity (Wildman–Crippen MR) is 106 cm³/mol. The largest absolute Gasteiger partial charge is 0.338 e. The van der Waals surface area contributed by atoms with Crippen molar-refractivity contribution in [2.45, 2.75) is 39.2 Å². The van der Waals surface area contributed by atoms with Crippen LogP contribution in [0.4, 0.5) is 0 Å². The molecule has 29 heavy (non-hydrogen) atoms. The Hall–Kier alpha value is -3.03. The first kappa shape index (κ1) is 19.3. The average molecular weight is 395 g/mol. The van der Waals surface area contributed by atoms with Crippen LogP contribution >= 0.6 is 0 Å². The summed E-state index contributed by atoms with van der Waals surface area (Å²) >= 11 is 0. The monoisotopic (exact) mass is 395 g/mol. The zero-order valence-electron chi connectivity index (χ0n) is 16.6. The number of rotatable bonds is 3. The van der Waals surface area contributed by atoms with Crippen molar-refractivity contribution in [1.82, 2.24) is 24.8 Å². The topological polar surface area (TPSA) is 99.3 Å². The van der Waals surface area contributed by atoms with Crippen LogP contribution < -0.4 is 5.56 Å². The Labute approximate surface area is 169 Å².